The van der Waals surface area contributed by atoms with Gasteiger partial charge in [-0.1, -0.05) is 39.3 Å². The second-order valence-corrected chi connectivity index (χ2v) is 18.0. The van der Waals surface area contributed by atoms with Crippen LogP contribution >= 0.6 is 22.6 Å². The quantitative estimate of drug-likeness (QED) is 0.569. The van der Waals surface area contributed by atoms with Gasteiger partial charge >= 0.3 is 0 Å². The van der Waals surface area contributed by atoms with E-state index >= 15 is 0 Å². The molecule has 1 aromatic carbocycles. The van der Waals surface area contributed by atoms with Gasteiger partial charge in [0.1, 0.15) is 0 Å². The number of hydrogen-bond donors (Lipinski definition) is 0. The molecule has 2 rings (SSSR count). The van der Waals surface area contributed by atoms with E-state index in [1.54, 1.807) is 0 Å². The van der Waals surface area contributed by atoms with Crippen molar-refractivity contribution in [3.63, 3.8) is 0 Å². The predicted octanol–water partition coefficient (Wildman–Crippen LogP) is 3.11. The molecule has 0 saturated heterocycles. The van der Waals surface area contributed by atoms with Crippen molar-refractivity contribution >= 4 is 49.1 Å². The number of ether oxygens (including phenoxy) is 2. The molecule has 1 aromatic rings. The maximum absolute atomic E-state index is 5.80. The van der Waals surface area contributed by atoms with Crippen molar-refractivity contribution in [3.05, 3.63) is 9.64 Å². The Hall–Kier alpha value is -0.0162. The maximum Gasteiger partial charge on any atom is 0.231 e. The lowest BCUT2D eigenvalue weighted by Crippen LogP contribution is -2.44. The summed E-state index contributed by atoms with van der Waals surface area (Å²) in [6, 6.07) is 2.34. The van der Waals surface area contributed by atoms with Crippen LogP contribution < -0.4 is 19.8 Å². The Morgan fingerprint density at radius 2 is 1.50 bits per heavy atom. The van der Waals surface area contributed by atoms with Crippen LogP contribution in [0.25, 0.3) is 0 Å². The summed E-state index contributed by atoms with van der Waals surface area (Å²) >= 11 is 2.47. The summed E-state index contributed by atoms with van der Waals surface area (Å²) in [7, 11) is -2.81. The molecule has 1 aliphatic heterocycles. The first-order valence-corrected chi connectivity index (χ1v) is 14.3. The minimum atomic E-state index is -1.41. The van der Waals surface area contributed by atoms with Gasteiger partial charge in [0.2, 0.25) is 6.79 Å². The van der Waals surface area contributed by atoms with Crippen LogP contribution in [0.2, 0.25) is 39.3 Å². The Labute approximate surface area is 125 Å². The third kappa shape index (κ3) is 2.49. The first-order chi connectivity index (χ1) is 8.12. The van der Waals surface area contributed by atoms with E-state index in [4.69, 9.17) is 9.47 Å². The molecule has 0 atom stereocenters. The van der Waals surface area contributed by atoms with Crippen LogP contribution in [-0.4, -0.2) is 22.9 Å². The summed E-state index contributed by atoms with van der Waals surface area (Å²) in [6.45, 7) is 14.5. The van der Waals surface area contributed by atoms with E-state index in [-0.39, 0.29) is 0 Å². The molecule has 1 aliphatic rings. The monoisotopic (exact) mass is 392 g/mol. The van der Waals surface area contributed by atoms with Gasteiger partial charge in [-0.15, -0.1) is 0 Å². The molecular weight excluding hydrogens is 371 g/mol. The Bertz CT molecular complexity index is 487. The van der Waals surface area contributed by atoms with Crippen molar-refractivity contribution in [3.8, 4) is 11.5 Å². The lowest BCUT2D eigenvalue weighted by Gasteiger charge is -2.25. The molecule has 0 unspecified atom stereocenters. The molecule has 5 heteroatoms. The first kappa shape index (κ1) is 14.4. The number of halogens is 1. The molecule has 0 aliphatic carbocycles. The zero-order valence-corrected chi connectivity index (χ0v) is 16.1. The van der Waals surface area contributed by atoms with Gasteiger partial charge in [0.25, 0.3) is 0 Å². The van der Waals surface area contributed by atoms with E-state index in [9.17, 15) is 0 Å². The smallest absolute Gasteiger partial charge is 0.231 e. The molecule has 0 spiro atoms. The zero-order valence-electron chi connectivity index (χ0n) is 12.0. The van der Waals surface area contributed by atoms with Crippen molar-refractivity contribution in [2.24, 2.45) is 0 Å². The number of rotatable bonds is 2. The van der Waals surface area contributed by atoms with Crippen molar-refractivity contribution in [1.82, 2.24) is 0 Å². The van der Waals surface area contributed by atoms with Gasteiger partial charge < -0.3 is 9.47 Å². The van der Waals surface area contributed by atoms with Crippen molar-refractivity contribution in [2.75, 3.05) is 6.79 Å². The van der Waals surface area contributed by atoms with Gasteiger partial charge in [0, 0.05) is 3.57 Å². The topological polar surface area (TPSA) is 18.5 Å². The van der Waals surface area contributed by atoms with Crippen molar-refractivity contribution < 1.29 is 9.47 Å². The van der Waals surface area contributed by atoms with Crippen LogP contribution in [0.4, 0.5) is 0 Å². The normalized spacial score (nSPS) is 15.1. The van der Waals surface area contributed by atoms with Crippen molar-refractivity contribution in [2.45, 2.75) is 39.3 Å². The SMILES string of the molecule is C[Si](C)(C)c1cc(I)c([Si](C)(C)C)c2c1OCO2. The Morgan fingerprint density at radius 1 is 0.944 bits per heavy atom. The summed E-state index contributed by atoms with van der Waals surface area (Å²) in [6.07, 6.45) is 0. The van der Waals surface area contributed by atoms with Crippen LogP contribution in [0.15, 0.2) is 6.07 Å². The first-order valence-electron chi connectivity index (χ1n) is 6.25. The van der Waals surface area contributed by atoms with Gasteiger partial charge in [0.15, 0.2) is 11.5 Å². The van der Waals surface area contributed by atoms with Gasteiger partial charge in [-0.05, 0) is 39.0 Å². The number of benzene rings is 1. The van der Waals surface area contributed by atoms with Crippen LogP contribution in [0.1, 0.15) is 0 Å². The van der Waals surface area contributed by atoms with E-state index in [0.717, 1.165) is 11.5 Å². The molecule has 0 radical (unpaired) electrons. The summed E-state index contributed by atoms with van der Waals surface area (Å²) in [5.41, 5.74) is 0. The molecule has 0 saturated carbocycles. The van der Waals surface area contributed by atoms with Gasteiger partial charge in [0.05, 0.1) is 16.1 Å². The fraction of sp³-hybridized carbons (Fsp3) is 0.538. The molecule has 2 nitrogen and oxygen atoms in total. The van der Waals surface area contributed by atoms with Crippen LogP contribution in [0.5, 0.6) is 11.5 Å². The third-order valence-corrected chi connectivity index (χ3v) is 8.50. The summed E-state index contributed by atoms with van der Waals surface area (Å²) in [4.78, 5) is 0. The summed E-state index contributed by atoms with van der Waals surface area (Å²) in [5, 5.41) is 2.80. The van der Waals surface area contributed by atoms with Crippen molar-refractivity contribution in [1.29, 1.82) is 0 Å². The molecule has 0 N–H and O–H groups in total. The third-order valence-electron chi connectivity index (χ3n) is 3.15. The molecule has 100 valence electrons. The van der Waals surface area contributed by atoms with Crippen LogP contribution in [0.3, 0.4) is 0 Å². The minimum Gasteiger partial charge on any atom is -0.454 e. The molecule has 18 heavy (non-hydrogen) atoms. The van der Waals surface area contributed by atoms with Gasteiger partial charge in [-0.25, -0.2) is 0 Å². The largest absolute Gasteiger partial charge is 0.454 e. The fourth-order valence-corrected chi connectivity index (χ4v) is 8.67. The highest BCUT2D eigenvalue weighted by Crippen LogP contribution is 2.34. The van der Waals surface area contributed by atoms with Crippen LogP contribution in [0, 0.1) is 3.57 Å². The standard InChI is InChI=1S/C13H21IO2Si2/c1-17(2,3)10-7-9(14)13(18(4,5)6)12-11(10)15-8-16-12/h7H,8H2,1-6H3. The molecule has 1 heterocycles. The highest BCUT2D eigenvalue weighted by molar-refractivity contribution is 14.1. The Balaban J connectivity index is 2.73. The van der Waals surface area contributed by atoms with E-state index in [1.165, 1.54) is 13.9 Å². The molecular formula is C13H21IO2Si2. The summed E-state index contributed by atoms with van der Waals surface area (Å²) < 4.78 is 12.9. The molecule has 0 bridgehead atoms. The fourth-order valence-electron chi connectivity index (χ4n) is 2.29. The van der Waals surface area contributed by atoms with E-state index in [0.29, 0.717) is 6.79 Å². The van der Waals surface area contributed by atoms with Gasteiger partial charge in [-0.2, -0.15) is 0 Å². The second-order valence-electron chi connectivity index (χ2n) is 6.85. The van der Waals surface area contributed by atoms with E-state index < -0.39 is 16.1 Å². The Morgan fingerprint density at radius 3 is 2.00 bits per heavy atom. The number of hydrogen-bond acceptors (Lipinski definition) is 2. The molecule has 0 aromatic heterocycles. The van der Waals surface area contributed by atoms with Crippen LogP contribution in [-0.2, 0) is 0 Å². The summed E-state index contributed by atoms with van der Waals surface area (Å²) in [5.74, 6) is 2.07. The predicted molar refractivity (Wildman–Crippen MR) is 91.2 cm³/mol. The second kappa shape index (κ2) is 4.52. The highest BCUT2D eigenvalue weighted by atomic mass is 127. The zero-order chi connectivity index (χ0) is 13.7. The average Bonchev–Trinajstić information content (AvgIpc) is 2.60. The van der Waals surface area contributed by atoms with E-state index in [1.807, 2.05) is 0 Å². The maximum atomic E-state index is 5.80. The highest BCUT2D eigenvalue weighted by Gasteiger charge is 2.35. The minimum absolute atomic E-state index is 0.379. The number of fused-ring (bicyclic) bond motifs is 1. The Kier molecular flexibility index (Phi) is 3.61. The van der Waals surface area contributed by atoms with E-state index in [2.05, 4.69) is 67.9 Å². The lowest BCUT2D eigenvalue weighted by atomic mass is 10.3. The molecule has 0 fully saturated rings. The average molecular weight is 392 g/mol. The molecule has 0 amide bonds. The lowest BCUT2D eigenvalue weighted by molar-refractivity contribution is 0.175. The van der Waals surface area contributed by atoms with Gasteiger partial charge in [-0.3, -0.25) is 0 Å².